The zero-order valence-electron chi connectivity index (χ0n) is 15.5. The molecule has 9 nitrogen and oxygen atoms in total. The van der Waals surface area contributed by atoms with Crippen LogP contribution in [-0.4, -0.2) is 56.6 Å². The number of hydrazone groups is 1. The molecule has 0 radical (unpaired) electrons. The van der Waals surface area contributed by atoms with Crippen LogP contribution in [0, 0.1) is 0 Å². The number of benzene rings is 2. The van der Waals surface area contributed by atoms with Crippen LogP contribution in [0.25, 0.3) is 0 Å². The summed E-state index contributed by atoms with van der Waals surface area (Å²) in [5.41, 5.74) is 2.47. The lowest BCUT2D eigenvalue weighted by Gasteiger charge is -2.16. The smallest absolute Gasteiger partial charge is 0.336 e. The molecule has 1 amide bonds. The van der Waals surface area contributed by atoms with Crippen molar-refractivity contribution in [1.29, 1.82) is 0 Å². The summed E-state index contributed by atoms with van der Waals surface area (Å²) in [6.45, 7) is -0.510. The molecule has 0 saturated heterocycles. The number of hydrogen-bond donors (Lipinski definition) is 2. The summed E-state index contributed by atoms with van der Waals surface area (Å²) in [6, 6.07) is 10.0. The molecule has 0 unspecified atom stereocenters. The highest BCUT2D eigenvalue weighted by atomic mass is 35.5. The molecule has 0 fully saturated rings. The van der Waals surface area contributed by atoms with Gasteiger partial charge in [0.2, 0.25) is 10.0 Å². The van der Waals surface area contributed by atoms with Crippen molar-refractivity contribution in [3.05, 3.63) is 58.6 Å². The third kappa shape index (κ3) is 5.53. The van der Waals surface area contributed by atoms with E-state index in [-0.39, 0.29) is 21.0 Å². The van der Waals surface area contributed by atoms with Gasteiger partial charge in [0.1, 0.15) is 5.75 Å². The van der Waals surface area contributed by atoms with E-state index < -0.39 is 28.4 Å². The van der Waals surface area contributed by atoms with Crippen LogP contribution in [0.2, 0.25) is 5.02 Å². The molecule has 29 heavy (non-hydrogen) atoms. The Morgan fingerprint density at radius 3 is 2.59 bits per heavy atom. The lowest BCUT2D eigenvalue weighted by atomic mass is 10.1. The minimum absolute atomic E-state index is 0.0154. The minimum Gasteiger partial charge on any atom is -0.495 e. The molecule has 0 aliphatic heterocycles. The fourth-order valence-corrected chi connectivity index (χ4v) is 3.76. The number of methoxy groups -OCH3 is 1. The van der Waals surface area contributed by atoms with Crippen molar-refractivity contribution in [1.82, 2.24) is 9.73 Å². The average molecular weight is 440 g/mol. The van der Waals surface area contributed by atoms with Crippen molar-refractivity contribution in [2.75, 3.05) is 20.7 Å². The number of amides is 1. The van der Waals surface area contributed by atoms with E-state index in [2.05, 4.69) is 10.5 Å². The van der Waals surface area contributed by atoms with Crippen molar-refractivity contribution in [3.8, 4) is 5.75 Å². The first-order chi connectivity index (χ1) is 13.7. The van der Waals surface area contributed by atoms with Crippen LogP contribution in [0.4, 0.5) is 0 Å². The van der Waals surface area contributed by atoms with Crippen LogP contribution >= 0.6 is 11.6 Å². The van der Waals surface area contributed by atoms with E-state index in [0.717, 1.165) is 4.31 Å². The molecule has 0 heterocycles. The molecular weight excluding hydrogens is 422 g/mol. The van der Waals surface area contributed by atoms with E-state index in [1.807, 2.05) is 0 Å². The topological polar surface area (TPSA) is 125 Å². The van der Waals surface area contributed by atoms with Crippen molar-refractivity contribution in [2.45, 2.75) is 4.90 Å². The Kier molecular flexibility index (Phi) is 7.32. The molecule has 154 valence electrons. The average Bonchev–Trinajstić information content (AvgIpc) is 2.68. The summed E-state index contributed by atoms with van der Waals surface area (Å²) in [4.78, 5) is 23.0. The fourth-order valence-electron chi connectivity index (χ4n) is 2.29. The minimum atomic E-state index is -3.97. The normalized spacial score (nSPS) is 11.6. The molecule has 0 aliphatic rings. The number of halogens is 1. The second-order valence-corrected chi connectivity index (χ2v) is 8.20. The molecule has 2 rings (SSSR count). The third-order valence-electron chi connectivity index (χ3n) is 3.78. The molecule has 0 saturated carbocycles. The largest absolute Gasteiger partial charge is 0.495 e. The Balaban J connectivity index is 2.05. The predicted octanol–water partition coefficient (Wildman–Crippen LogP) is 1.82. The number of carboxylic acid groups (broad SMARTS) is 1. The number of ether oxygens (including phenoxy) is 1. The van der Waals surface area contributed by atoms with E-state index in [1.54, 1.807) is 12.1 Å². The summed E-state index contributed by atoms with van der Waals surface area (Å²) in [7, 11) is -1.34. The molecule has 0 atom stereocenters. The van der Waals surface area contributed by atoms with Gasteiger partial charge in [-0.1, -0.05) is 29.8 Å². The van der Waals surface area contributed by atoms with E-state index >= 15 is 0 Å². The first kappa shape index (κ1) is 22.3. The zero-order chi connectivity index (χ0) is 21.6. The van der Waals surface area contributed by atoms with Crippen LogP contribution in [0.5, 0.6) is 5.75 Å². The monoisotopic (exact) mass is 439 g/mol. The quantitative estimate of drug-likeness (QED) is 0.477. The number of nitrogens with one attached hydrogen (secondary N) is 1. The Hall–Kier alpha value is -2.95. The number of aromatic carboxylic acids is 1. The van der Waals surface area contributed by atoms with Crippen molar-refractivity contribution in [2.24, 2.45) is 5.10 Å². The van der Waals surface area contributed by atoms with Crippen LogP contribution in [-0.2, 0) is 14.8 Å². The van der Waals surface area contributed by atoms with Crippen molar-refractivity contribution < 1.29 is 27.9 Å². The number of nitrogens with zero attached hydrogens (tertiary/aromatic N) is 2. The molecular formula is C18H18ClN3O6S. The summed E-state index contributed by atoms with van der Waals surface area (Å²) >= 11 is 5.96. The maximum Gasteiger partial charge on any atom is 0.336 e. The van der Waals surface area contributed by atoms with E-state index in [0.29, 0.717) is 5.75 Å². The predicted molar refractivity (Wildman–Crippen MR) is 107 cm³/mol. The molecule has 0 aromatic heterocycles. The second-order valence-electron chi connectivity index (χ2n) is 5.74. The molecule has 2 aromatic carbocycles. The second kappa shape index (κ2) is 9.50. The number of carbonyl (C=O) groups excluding carboxylic acids is 1. The molecule has 0 spiro atoms. The van der Waals surface area contributed by atoms with Gasteiger partial charge in [0, 0.05) is 12.6 Å². The molecule has 2 N–H and O–H groups in total. The van der Waals surface area contributed by atoms with Crippen LogP contribution < -0.4 is 10.2 Å². The Morgan fingerprint density at radius 1 is 1.28 bits per heavy atom. The van der Waals surface area contributed by atoms with Gasteiger partial charge in [0.15, 0.2) is 0 Å². The van der Waals surface area contributed by atoms with Gasteiger partial charge >= 0.3 is 5.97 Å². The maximum atomic E-state index is 12.6. The van der Waals surface area contributed by atoms with Crippen molar-refractivity contribution in [3.63, 3.8) is 0 Å². The fraction of sp³-hybridized carbons (Fsp3) is 0.167. The first-order valence-electron chi connectivity index (χ1n) is 8.11. The highest BCUT2D eigenvalue weighted by molar-refractivity contribution is 7.89. The number of sulfonamides is 1. The van der Waals surface area contributed by atoms with Gasteiger partial charge in [-0.25, -0.2) is 18.6 Å². The number of likely N-dealkylation sites (N-methyl/N-ethyl adjacent to an activating group) is 1. The van der Waals surface area contributed by atoms with E-state index in [4.69, 9.17) is 21.4 Å². The molecule has 0 aliphatic carbocycles. The lowest BCUT2D eigenvalue weighted by molar-refractivity contribution is -0.121. The van der Waals surface area contributed by atoms with Crippen LogP contribution in [0.3, 0.4) is 0 Å². The first-order valence-corrected chi connectivity index (χ1v) is 9.92. The number of rotatable bonds is 8. The lowest BCUT2D eigenvalue weighted by Crippen LogP contribution is -2.36. The van der Waals surface area contributed by atoms with Gasteiger partial charge in [0.05, 0.1) is 35.4 Å². The molecule has 2 aromatic rings. The highest BCUT2D eigenvalue weighted by Crippen LogP contribution is 2.27. The molecule has 11 heteroatoms. The van der Waals surface area contributed by atoms with E-state index in [9.17, 15) is 18.0 Å². The van der Waals surface area contributed by atoms with Gasteiger partial charge in [-0.3, -0.25) is 4.79 Å². The number of carbonyl (C=O) groups is 2. The summed E-state index contributed by atoms with van der Waals surface area (Å²) in [5.74, 6) is -1.52. The third-order valence-corrected chi connectivity index (χ3v) is 5.88. The SMILES string of the molecule is COc1ccc(S(=O)(=O)N(C)CC(=O)N/N=C\c2ccccc2C(=O)O)cc1Cl. The van der Waals surface area contributed by atoms with Crippen LogP contribution in [0.1, 0.15) is 15.9 Å². The number of hydrogen-bond acceptors (Lipinski definition) is 6. The van der Waals surface area contributed by atoms with Gasteiger partial charge in [-0.05, 0) is 24.3 Å². The Bertz CT molecular complexity index is 1060. The zero-order valence-corrected chi connectivity index (χ0v) is 17.1. The highest BCUT2D eigenvalue weighted by Gasteiger charge is 2.24. The number of carboxylic acids is 1. The van der Waals surface area contributed by atoms with Gasteiger partial charge in [0.25, 0.3) is 5.91 Å². The summed E-state index contributed by atoms with van der Waals surface area (Å²) in [6.07, 6.45) is 1.17. The van der Waals surface area contributed by atoms with Gasteiger partial charge < -0.3 is 9.84 Å². The summed E-state index contributed by atoms with van der Waals surface area (Å²) < 4.78 is 31.0. The van der Waals surface area contributed by atoms with E-state index in [1.165, 1.54) is 50.7 Å². The standard InChI is InChI=1S/C18H18ClN3O6S/c1-22(29(26,27)13-7-8-16(28-2)15(19)9-13)11-17(23)21-20-10-12-5-3-4-6-14(12)18(24)25/h3-10H,11H2,1-2H3,(H,21,23)(H,24,25)/b20-10-. The summed E-state index contributed by atoms with van der Waals surface area (Å²) in [5, 5.41) is 12.9. The van der Waals surface area contributed by atoms with Gasteiger partial charge in [-0.15, -0.1) is 0 Å². The maximum absolute atomic E-state index is 12.6. The Morgan fingerprint density at radius 2 is 1.97 bits per heavy atom. The van der Waals surface area contributed by atoms with Crippen molar-refractivity contribution >= 4 is 39.7 Å². The Labute approximate surface area is 172 Å². The van der Waals surface area contributed by atoms with Crippen LogP contribution in [0.15, 0.2) is 52.5 Å². The molecule has 0 bridgehead atoms. The van der Waals surface area contributed by atoms with Gasteiger partial charge in [-0.2, -0.15) is 9.41 Å².